The fourth-order valence-corrected chi connectivity index (χ4v) is 3.75. The highest BCUT2D eigenvalue weighted by molar-refractivity contribution is 6.04. The summed E-state index contributed by atoms with van der Waals surface area (Å²) in [6.07, 6.45) is 6.26. The van der Waals surface area contributed by atoms with Crippen molar-refractivity contribution in [3.8, 4) is 11.8 Å². The van der Waals surface area contributed by atoms with Gasteiger partial charge in [-0.15, -0.1) is 0 Å². The monoisotopic (exact) mass is 438 g/mol. The Morgan fingerprint density at radius 2 is 2.06 bits per heavy atom. The van der Waals surface area contributed by atoms with Crippen LogP contribution in [-0.4, -0.2) is 54.7 Å². The molecule has 2 N–H and O–H groups in total. The van der Waals surface area contributed by atoms with E-state index in [0.717, 1.165) is 23.4 Å². The summed E-state index contributed by atoms with van der Waals surface area (Å²) in [5.74, 6) is 5.82. The van der Waals surface area contributed by atoms with Crippen LogP contribution in [0.5, 0.6) is 0 Å². The second-order valence-electron chi connectivity index (χ2n) is 8.09. The minimum atomic E-state index is -0.249. The first-order valence-corrected chi connectivity index (χ1v) is 10.6. The maximum absolute atomic E-state index is 12.8. The summed E-state index contributed by atoms with van der Waals surface area (Å²) in [5.41, 5.74) is 5.42. The number of hydrogen-bond acceptors (Lipinski definition) is 6. The van der Waals surface area contributed by atoms with Gasteiger partial charge in [0, 0.05) is 49.5 Å². The third kappa shape index (κ3) is 4.60. The molecule has 5 rings (SSSR count). The van der Waals surface area contributed by atoms with Gasteiger partial charge in [-0.05, 0) is 54.3 Å². The molecule has 4 heterocycles. The number of hydrogen-bond donors (Lipinski definition) is 2. The summed E-state index contributed by atoms with van der Waals surface area (Å²) in [7, 11) is 0. The molecule has 1 saturated heterocycles. The molecule has 1 aliphatic heterocycles. The number of carbonyl (C=O) groups excluding carboxylic acids is 1. The Kier molecular flexibility index (Phi) is 5.57. The first kappa shape index (κ1) is 20.8. The molecule has 8 nitrogen and oxygen atoms in total. The van der Waals surface area contributed by atoms with Gasteiger partial charge in [-0.2, -0.15) is 5.10 Å². The molecule has 0 aliphatic carbocycles. The number of likely N-dealkylation sites (tertiary alicyclic amines) is 1. The van der Waals surface area contributed by atoms with E-state index >= 15 is 0 Å². The number of aryl methyl sites for hydroxylation is 1. The third-order valence-electron chi connectivity index (χ3n) is 5.55. The number of carbonyl (C=O) groups is 1. The van der Waals surface area contributed by atoms with Gasteiger partial charge >= 0.3 is 0 Å². The van der Waals surface area contributed by atoms with Gasteiger partial charge in [0.15, 0.2) is 5.65 Å². The van der Waals surface area contributed by atoms with Gasteiger partial charge in [0.2, 0.25) is 0 Å². The number of anilines is 1. The minimum absolute atomic E-state index is 0.214. The normalized spacial score (nSPS) is 13.9. The van der Waals surface area contributed by atoms with Crippen molar-refractivity contribution in [1.82, 2.24) is 24.5 Å². The Morgan fingerprint density at radius 3 is 2.88 bits per heavy atom. The zero-order valence-electron chi connectivity index (χ0n) is 18.1. The molecule has 3 aromatic heterocycles. The van der Waals surface area contributed by atoms with E-state index in [4.69, 9.17) is 0 Å². The van der Waals surface area contributed by atoms with E-state index in [-0.39, 0.29) is 12.0 Å². The van der Waals surface area contributed by atoms with E-state index < -0.39 is 0 Å². The zero-order valence-corrected chi connectivity index (χ0v) is 18.1. The van der Waals surface area contributed by atoms with E-state index in [0.29, 0.717) is 29.9 Å². The third-order valence-corrected chi connectivity index (χ3v) is 5.55. The number of β-amino-alcohol motifs (C(OH)–C–C–N with tert-alkyl or cyclic N) is 1. The zero-order chi connectivity index (χ0) is 22.8. The van der Waals surface area contributed by atoms with Crippen LogP contribution in [0.4, 0.5) is 5.69 Å². The van der Waals surface area contributed by atoms with Crippen LogP contribution in [0.2, 0.25) is 0 Å². The van der Waals surface area contributed by atoms with Crippen LogP contribution in [0.1, 0.15) is 32.7 Å². The minimum Gasteiger partial charge on any atom is -0.390 e. The molecule has 0 radical (unpaired) electrons. The Bertz CT molecular complexity index is 1390. The van der Waals surface area contributed by atoms with Crippen LogP contribution in [-0.2, 0) is 6.54 Å². The molecule has 1 fully saturated rings. The predicted octanol–water partition coefficient (Wildman–Crippen LogP) is 2.26. The van der Waals surface area contributed by atoms with Crippen molar-refractivity contribution >= 4 is 17.2 Å². The molecule has 164 valence electrons. The number of nitrogens with one attached hydrogen (secondary N) is 1. The lowest BCUT2D eigenvalue weighted by atomic mass is 10.0. The van der Waals surface area contributed by atoms with Crippen LogP contribution in [0.15, 0.2) is 61.2 Å². The van der Waals surface area contributed by atoms with E-state index in [1.807, 2.05) is 37.3 Å². The standard InChI is InChI=1S/C25H22N6O2/c1-17-9-21(6-5-19(17)14-30-15-23(32)16-30)29-25(33)20-10-18(11-26-12-20)4-7-22-13-27-24-3-2-8-28-31(22)24/h2-3,5-6,8-13,23,32H,14-16H2,1H3,(H,29,33). The first-order valence-electron chi connectivity index (χ1n) is 10.6. The van der Waals surface area contributed by atoms with E-state index in [9.17, 15) is 9.90 Å². The average Bonchev–Trinajstić information content (AvgIpc) is 3.21. The Hall–Kier alpha value is -4.06. The number of rotatable bonds is 4. The highest BCUT2D eigenvalue weighted by Gasteiger charge is 2.24. The van der Waals surface area contributed by atoms with Crippen LogP contribution in [0.3, 0.4) is 0 Å². The largest absolute Gasteiger partial charge is 0.390 e. The molecule has 0 spiro atoms. The van der Waals surface area contributed by atoms with Crippen molar-refractivity contribution in [3.05, 3.63) is 89.1 Å². The molecule has 0 atom stereocenters. The van der Waals surface area contributed by atoms with Gasteiger partial charge in [0.25, 0.3) is 5.91 Å². The molecule has 1 amide bonds. The van der Waals surface area contributed by atoms with Crippen molar-refractivity contribution in [3.63, 3.8) is 0 Å². The second kappa shape index (κ2) is 8.82. The molecule has 0 bridgehead atoms. The number of aliphatic hydroxyl groups excluding tert-OH is 1. The maximum atomic E-state index is 12.8. The molecule has 1 aromatic carbocycles. The number of aromatic nitrogens is 4. The van der Waals surface area contributed by atoms with E-state index in [2.05, 4.69) is 37.1 Å². The number of benzene rings is 1. The number of imidazole rings is 1. The molecule has 1 aliphatic rings. The number of aliphatic hydroxyl groups is 1. The van der Waals surface area contributed by atoms with Gasteiger partial charge < -0.3 is 10.4 Å². The number of fused-ring (bicyclic) bond motifs is 1. The van der Waals surface area contributed by atoms with Gasteiger partial charge in [0.05, 0.1) is 17.9 Å². The van der Waals surface area contributed by atoms with Crippen molar-refractivity contribution in [1.29, 1.82) is 0 Å². The first-order chi connectivity index (χ1) is 16.0. The molecule has 0 unspecified atom stereocenters. The topological polar surface area (TPSA) is 95.7 Å². The molecule has 33 heavy (non-hydrogen) atoms. The quantitative estimate of drug-likeness (QED) is 0.475. The Balaban J connectivity index is 1.28. The summed E-state index contributed by atoms with van der Waals surface area (Å²) in [6, 6.07) is 11.2. The lowest BCUT2D eigenvalue weighted by molar-refractivity contribution is -0.00296. The molecule has 0 saturated carbocycles. The van der Waals surface area contributed by atoms with Crippen molar-refractivity contribution in [2.75, 3.05) is 18.4 Å². The fraction of sp³-hybridized carbons (Fsp3) is 0.200. The SMILES string of the molecule is Cc1cc(NC(=O)c2cncc(C#Cc3cnc4cccnn34)c2)ccc1CN1CC(O)C1. The van der Waals surface area contributed by atoms with Crippen molar-refractivity contribution in [2.45, 2.75) is 19.6 Å². The van der Waals surface area contributed by atoms with Crippen molar-refractivity contribution in [2.24, 2.45) is 0 Å². The highest BCUT2D eigenvalue weighted by atomic mass is 16.3. The van der Waals surface area contributed by atoms with E-state index in [1.165, 1.54) is 11.8 Å². The Morgan fingerprint density at radius 1 is 1.18 bits per heavy atom. The van der Waals surface area contributed by atoms with Crippen LogP contribution in [0, 0.1) is 18.8 Å². The number of nitrogens with zero attached hydrogens (tertiary/aromatic N) is 5. The van der Waals surface area contributed by atoms with Gasteiger partial charge in [0.1, 0.15) is 5.69 Å². The molecule has 8 heteroatoms. The highest BCUT2D eigenvalue weighted by Crippen LogP contribution is 2.20. The summed E-state index contributed by atoms with van der Waals surface area (Å²) in [4.78, 5) is 23.4. The lowest BCUT2D eigenvalue weighted by Gasteiger charge is -2.36. The van der Waals surface area contributed by atoms with Gasteiger partial charge in [-0.25, -0.2) is 9.50 Å². The van der Waals surface area contributed by atoms with Crippen LogP contribution in [0.25, 0.3) is 5.65 Å². The van der Waals surface area contributed by atoms with Crippen LogP contribution >= 0.6 is 0 Å². The summed E-state index contributed by atoms with van der Waals surface area (Å²) >= 11 is 0. The van der Waals surface area contributed by atoms with Gasteiger partial charge in [-0.3, -0.25) is 14.7 Å². The molecular weight excluding hydrogens is 416 g/mol. The fourth-order valence-electron chi connectivity index (χ4n) is 3.75. The summed E-state index contributed by atoms with van der Waals surface area (Å²) in [5, 5.41) is 16.6. The Labute approximate surface area is 190 Å². The second-order valence-corrected chi connectivity index (χ2v) is 8.09. The number of amides is 1. The lowest BCUT2D eigenvalue weighted by Crippen LogP contribution is -2.49. The number of pyridine rings is 1. The van der Waals surface area contributed by atoms with Crippen molar-refractivity contribution < 1.29 is 9.90 Å². The summed E-state index contributed by atoms with van der Waals surface area (Å²) < 4.78 is 1.66. The average molecular weight is 438 g/mol. The smallest absolute Gasteiger partial charge is 0.257 e. The molecule has 4 aromatic rings. The van der Waals surface area contributed by atoms with E-state index in [1.54, 1.807) is 29.2 Å². The summed E-state index contributed by atoms with van der Waals surface area (Å²) in [6.45, 7) is 4.23. The van der Waals surface area contributed by atoms with Gasteiger partial charge in [-0.1, -0.05) is 12.0 Å². The predicted molar refractivity (Wildman–Crippen MR) is 124 cm³/mol. The molecular formula is C25H22N6O2. The van der Waals surface area contributed by atoms with Crippen LogP contribution < -0.4 is 5.32 Å². The maximum Gasteiger partial charge on any atom is 0.257 e.